The van der Waals surface area contributed by atoms with E-state index in [1.807, 2.05) is 0 Å². The van der Waals surface area contributed by atoms with Crippen molar-refractivity contribution in [3.63, 3.8) is 0 Å². The number of ether oxygens (including phenoxy) is 1. The third-order valence-corrected chi connectivity index (χ3v) is 5.73. The molecule has 0 unspecified atom stereocenters. The van der Waals surface area contributed by atoms with Crippen molar-refractivity contribution < 1.29 is 13.9 Å². The molecule has 1 aromatic carbocycles. The standard InChI is InChI=1S/C19H17Cl2FN2O2/c1-11(13-5-4-12(20)9-15(13)21)24-17(25)19(22)7-6-18(10-26-18)16-14(19)3-2-8-23-16/h2-5,8-9,11H,6-7,10H2,1H3,(H,24,25)/t11-,18+,19-/m0/s1. The maximum absolute atomic E-state index is 15.8. The lowest BCUT2D eigenvalue weighted by molar-refractivity contribution is -0.135. The van der Waals surface area contributed by atoms with Crippen LogP contribution in [-0.4, -0.2) is 17.5 Å². The molecule has 1 aromatic heterocycles. The van der Waals surface area contributed by atoms with Crippen molar-refractivity contribution in [2.24, 2.45) is 0 Å². The number of pyridine rings is 1. The maximum atomic E-state index is 15.8. The van der Waals surface area contributed by atoms with E-state index < -0.39 is 23.2 Å². The molecule has 2 aromatic rings. The van der Waals surface area contributed by atoms with E-state index in [0.29, 0.717) is 34.3 Å². The third kappa shape index (κ3) is 2.79. The second-order valence-corrected chi connectivity index (χ2v) is 7.69. The summed E-state index contributed by atoms with van der Waals surface area (Å²) < 4.78 is 21.3. The van der Waals surface area contributed by atoms with Crippen LogP contribution in [0.4, 0.5) is 4.39 Å². The molecule has 1 saturated heterocycles. The van der Waals surface area contributed by atoms with Gasteiger partial charge >= 0.3 is 0 Å². The van der Waals surface area contributed by atoms with Gasteiger partial charge in [-0.25, -0.2) is 4.39 Å². The third-order valence-electron chi connectivity index (χ3n) is 5.17. The van der Waals surface area contributed by atoms with Crippen LogP contribution in [0.2, 0.25) is 10.0 Å². The average molecular weight is 395 g/mol. The Bertz CT molecular complexity index is 888. The first-order valence-corrected chi connectivity index (χ1v) is 9.16. The lowest BCUT2D eigenvalue weighted by atomic mass is 9.77. The smallest absolute Gasteiger partial charge is 0.262 e. The largest absolute Gasteiger partial charge is 0.363 e. The minimum atomic E-state index is -2.14. The van der Waals surface area contributed by atoms with E-state index in [2.05, 4.69) is 10.3 Å². The molecule has 2 aliphatic rings. The second-order valence-electron chi connectivity index (χ2n) is 6.84. The molecule has 26 heavy (non-hydrogen) atoms. The SMILES string of the molecule is C[C@H](NC(=O)[C@]1(F)CC[C@@]2(CO2)c2ncccc21)c1ccc(Cl)cc1Cl. The van der Waals surface area contributed by atoms with Gasteiger partial charge in [0.2, 0.25) is 5.67 Å². The summed E-state index contributed by atoms with van der Waals surface area (Å²) in [6.45, 7) is 2.28. The number of hydrogen-bond acceptors (Lipinski definition) is 3. The summed E-state index contributed by atoms with van der Waals surface area (Å²) in [5, 5.41) is 3.67. The van der Waals surface area contributed by atoms with Gasteiger partial charge in [0.1, 0.15) is 5.60 Å². The Hall–Kier alpha value is -1.69. The van der Waals surface area contributed by atoms with Crippen LogP contribution >= 0.6 is 23.2 Å². The first-order valence-electron chi connectivity index (χ1n) is 8.40. The summed E-state index contributed by atoms with van der Waals surface area (Å²) in [6.07, 6.45) is 2.08. The molecule has 1 aliphatic carbocycles. The number of alkyl halides is 1. The predicted octanol–water partition coefficient (Wildman–Crippen LogP) is 4.45. The van der Waals surface area contributed by atoms with Gasteiger partial charge < -0.3 is 10.1 Å². The number of nitrogens with one attached hydrogen (secondary N) is 1. The van der Waals surface area contributed by atoms with E-state index in [1.54, 1.807) is 43.5 Å². The van der Waals surface area contributed by atoms with Crippen molar-refractivity contribution in [2.75, 3.05) is 6.61 Å². The van der Waals surface area contributed by atoms with Crippen LogP contribution in [0.1, 0.15) is 42.6 Å². The zero-order valence-electron chi connectivity index (χ0n) is 14.1. The fourth-order valence-corrected chi connectivity index (χ4v) is 4.13. The van der Waals surface area contributed by atoms with Crippen LogP contribution in [0.5, 0.6) is 0 Å². The molecular formula is C19H17Cl2FN2O2. The van der Waals surface area contributed by atoms with Crippen LogP contribution in [0.15, 0.2) is 36.5 Å². The van der Waals surface area contributed by atoms with Crippen LogP contribution in [0, 0.1) is 0 Å². The van der Waals surface area contributed by atoms with Gasteiger partial charge in [0, 0.05) is 21.8 Å². The summed E-state index contributed by atoms with van der Waals surface area (Å²) in [4.78, 5) is 17.1. The quantitative estimate of drug-likeness (QED) is 0.782. The number of benzene rings is 1. The highest BCUT2D eigenvalue weighted by Gasteiger charge is 2.59. The predicted molar refractivity (Wildman–Crippen MR) is 96.9 cm³/mol. The molecule has 1 amide bonds. The summed E-state index contributed by atoms with van der Waals surface area (Å²) in [7, 11) is 0. The Kier molecular flexibility index (Phi) is 4.21. The van der Waals surface area contributed by atoms with Crippen LogP contribution in [0.3, 0.4) is 0 Å². The van der Waals surface area contributed by atoms with Crippen LogP contribution in [-0.2, 0) is 20.8 Å². The minimum absolute atomic E-state index is 0.0542. The van der Waals surface area contributed by atoms with Gasteiger partial charge in [-0.1, -0.05) is 35.3 Å². The van der Waals surface area contributed by atoms with Crippen molar-refractivity contribution in [2.45, 2.75) is 37.1 Å². The van der Waals surface area contributed by atoms with Crippen molar-refractivity contribution in [3.05, 3.63) is 63.4 Å². The average Bonchev–Trinajstić information content (AvgIpc) is 3.39. The zero-order valence-corrected chi connectivity index (χ0v) is 15.6. The Morgan fingerprint density at radius 2 is 2.12 bits per heavy atom. The summed E-state index contributed by atoms with van der Waals surface area (Å²) >= 11 is 12.1. The van der Waals surface area contributed by atoms with E-state index in [0.717, 1.165) is 0 Å². The van der Waals surface area contributed by atoms with Gasteiger partial charge in [0.05, 0.1) is 18.3 Å². The van der Waals surface area contributed by atoms with Crippen molar-refractivity contribution in [3.8, 4) is 0 Å². The van der Waals surface area contributed by atoms with Crippen molar-refractivity contribution >= 4 is 29.1 Å². The van der Waals surface area contributed by atoms with E-state index in [1.165, 1.54) is 0 Å². The maximum Gasteiger partial charge on any atom is 0.262 e. The van der Waals surface area contributed by atoms with Gasteiger partial charge in [0.25, 0.3) is 5.91 Å². The van der Waals surface area contributed by atoms with E-state index in [-0.39, 0.29) is 12.0 Å². The van der Waals surface area contributed by atoms with Crippen LogP contribution in [0.25, 0.3) is 0 Å². The number of rotatable bonds is 3. The second kappa shape index (κ2) is 6.19. The number of epoxide rings is 1. The number of fused-ring (bicyclic) bond motifs is 2. The lowest BCUT2D eigenvalue weighted by Crippen LogP contribution is -2.46. The van der Waals surface area contributed by atoms with Crippen LogP contribution < -0.4 is 5.32 Å². The summed E-state index contributed by atoms with van der Waals surface area (Å²) in [6, 6.07) is 7.80. The number of halogens is 3. The molecule has 1 N–H and O–H groups in total. The fraction of sp³-hybridized carbons (Fsp3) is 0.368. The van der Waals surface area contributed by atoms with Crippen molar-refractivity contribution in [1.82, 2.24) is 10.3 Å². The van der Waals surface area contributed by atoms with Crippen molar-refractivity contribution in [1.29, 1.82) is 0 Å². The molecule has 2 heterocycles. The van der Waals surface area contributed by atoms with Gasteiger partial charge in [-0.05, 0) is 43.5 Å². The molecule has 3 atom stereocenters. The molecule has 0 saturated carbocycles. The van der Waals surface area contributed by atoms with Gasteiger partial charge in [-0.3, -0.25) is 9.78 Å². The molecule has 4 rings (SSSR count). The summed E-state index contributed by atoms with van der Waals surface area (Å²) in [5.41, 5.74) is -1.17. The summed E-state index contributed by atoms with van der Waals surface area (Å²) in [5.74, 6) is -0.694. The number of carbonyl (C=O) groups is 1. The highest BCUT2D eigenvalue weighted by atomic mass is 35.5. The zero-order chi connectivity index (χ0) is 18.5. The Labute approximate surface area is 160 Å². The lowest BCUT2D eigenvalue weighted by Gasteiger charge is -2.34. The number of amides is 1. The van der Waals surface area contributed by atoms with E-state index >= 15 is 4.39 Å². The minimum Gasteiger partial charge on any atom is -0.363 e. The Balaban J connectivity index is 1.62. The molecule has 7 heteroatoms. The van der Waals surface area contributed by atoms with E-state index in [9.17, 15) is 4.79 Å². The topological polar surface area (TPSA) is 54.5 Å². The first-order chi connectivity index (χ1) is 12.4. The number of hydrogen-bond donors (Lipinski definition) is 1. The number of nitrogens with zero attached hydrogens (tertiary/aromatic N) is 1. The molecular weight excluding hydrogens is 378 g/mol. The normalized spacial score (nSPS) is 27.7. The highest BCUT2D eigenvalue weighted by molar-refractivity contribution is 6.35. The Morgan fingerprint density at radius 3 is 2.81 bits per heavy atom. The van der Waals surface area contributed by atoms with Gasteiger partial charge in [-0.2, -0.15) is 0 Å². The number of aromatic nitrogens is 1. The van der Waals surface area contributed by atoms with E-state index in [4.69, 9.17) is 27.9 Å². The Morgan fingerprint density at radius 1 is 1.35 bits per heavy atom. The monoisotopic (exact) mass is 394 g/mol. The molecule has 4 nitrogen and oxygen atoms in total. The fourth-order valence-electron chi connectivity index (χ4n) is 3.56. The van der Waals surface area contributed by atoms with Gasteiger partial charge in [-0.15, -0.1) is 0 Å². The first kappa shape index (κ1) is 17.7. The highest BCUT2D eigenvalue weighted by Crippen LogP contribution is 2.53. The van der Waals surface area contributed by atoms with Gasteiger partial charge in [0.15, 0.2) is 0 Å². The molecule has 136 valence electrons. The molecule has 1 spiro atoms. The molecule has 0 bridgehead atoms. The molecule has 1 fully saturated rings. The molecule has 0 radical (unpaired) electrons. The number of carbonyl (C=O) groups excluding carboxylic acids is 1. The molecule has 1 aliphatic heterocycles.